The largest absolute Gasteiger partial charge is 0.343 e. The molecule has 0 saturated carbocycles. The quantitative estimate of drug-likeness (QED) is 0.628. The summed E-state index contributed by atoms with van der Waals surface area (Å²) in [6.07, 6.45) is 5.45. The van der Waals surface area contributed by atoms with Gasteiger partial charge in [-0.05, 0) is 56.5 Å². The lowest BCUT2D eigenvalue weighted by atomic mass is 9.94. The third kappa shape index (κ3) is 4.59. The van der Waals surface area contributed by atoms with Crippen molar-refractivity contribution in [2.75, 3.05) is 26.2 Å². The van der Waals surface area contributed by atoms with Crippen molar-refractivity contribution in [3.05, 3.63) is 65.4 Å². The van der Waals surface area contributed by atoms with Crippen LogP contribution in [0.2, 0.25) is 0 Å². The van der Waals surface area contributed by atoms with Crippen LogP contribution in [0.4, 0.5) is 0 Å². The number of benzene rings is 2. The van der Waals surface area contributed by atoms with Gasteiger partial charge in [0.05, 0.1) is 11.2 Å². The predicted molar refractivity (Wildman–Crippen MR) is 128 cm³/mol. The Bertz CT molecular complexity index is 1100. The van der Waals surface area contributed by atoms with Crippen LogP contribution in [0.15, 0.2) is 48.5 Å². The molecule has 166 valence electrons. The van der Waals surface area contributed by atoms with Crippen LogP contribution in [0.25, 0.3) is 23.1 Å². The lowest BCUT2D eigenvalue weighted by Crippen LogP contribution is -2.44. The van der Waals surface area contributed by atoms with Crippen LogP contribution >= 0.6 is 0 Å². The molecule has 1 fully saturated rings. The standard InChI is InChI=1S/C26H30N4O2/c1-3-29(4-2)25(31)21-15-17-30(18-16-21)26(32)20-12-9-19(10-13-20)11-14-24-22-7-5-6-8-23(22)27-28-24/h5-14,21H,3-4,15-18H2,1-2H3,(H,27,28). The Morgan fingerprint density at radius 1 is 1.03 bits per heavy atom. The molecular formula is C26H30N4O2. The minimum Gasteiger partial charge on any atom is -0.343 e. The second-order valence-corrected chi connectivity index (χ2v) is 8.19. The summed E-state index contributed by atoms with van der Waals surface area (Å²) in [5.41, 5.74) is 3.59. The van der Waals surface area contributed by atoms with Gasteiger partial charge < -0.3 is 9.80 Å². The van der Waals surface area contributed by atoms with Gasteiger partial charge in [0.1, 0.15) is 0 Å². The van der Waals surface area contributed by atoms with Gasteiger partial charge in [0.15, 0.2) is 0 Å². The Kier molecular flexibility index (Phi) is 6.69. The van der Waals surface area contributed by atoms with E-state index in [0.717, 1.165) is 48.1 Å². The van der Waals surface area contributed by atoms with E-state index in [1.54, 1.807) is 0 Å². The van der Waals surface area contributed by atoms with Gasteiger partial charge in [-0.3, -0.25) is 14.7 Å². The minimum absolute atomic E-state index is 0.0320. The molecule has 4 rings (SSSR count). The van der Waals surface area contributed by atoms with Gasteiger partial charge in [-0.15, -0.1) is 0 Å². The summed E-state index contributed by atoms with van der Waals surface area (Å²) in [6.45, 7) is 6.76. The predicted octanol–water partition coefficient (Wildman–Crippen LogP) is 4.45. The van der Waals surface area contributed by atoms with Gasteiger partial charge in [-0.2, -0.15) is 5.10 Å². The molecule has 0 unspecified atom stereocenters. The molecule has 0 aliphatic carbocycles. The highest BCUT2D eigenvalue weighted by Crippen LogP contribution is 2.22. The lowest BCUT2D eigenvalue weighted by molar-refractivity contribution is -0.136. The Hall–Kier alpha value is -3.41. The number of rotatable bonds is 6. The molecule has 2 aromatic carbocycles. The van der Waals surface area contributed by atoms with Crippen LogP contribution in [0.3, 0.4) is 0 Å². The molecule has 6 heteroatoms. The maximum Gasteiger partial charge on any atom is 0.253 e. The maximum absolute atomic E-state index is 12.9. The first-order valence-electron chi connectivity index (χ1n) is 11.4. The number of amides is 2. The molecule has 1 aliphatic heterocycles. The molecule has 3 aromatic rings. The molecule has 2 heterocycles. The Balaban J connectivity index is 1.36. The molecule has 0 atom stereocenters. The van der Waals surface area contributed by atoms with Crippen molar-refractivity contribution in [3.63, 3.8) is 0 Å². The van der Waals surface area contributed by atoms with Crippen LogP contribution in [-0.4, -0.2) is 58.0 Å². The van der Waals surface area contributed by atoms with Crippen molar-refractivity contribution in [3.8, 4) is 0 Å². The zero-order chi connectivity index (χ0) is 22.5. The SMILES string of the molecule is CCN(CC)C(=O)C1CCN(C(=O)c2ccc(C=Cc3n[nH]c4ccccc34)cc2)CC1. The average molecular weight is 431 g/mol. The Morgan fingerprint density at radius 2 is 1.72 bits per heavy atom. The van der Waals surface area contributed by atoms with Crippen molar-refractivity contribution >= 4 is 34.9 Å². The van der Waals surface area contributed by atoms with Crippen LogP contribution in [0.1, 0.15) is 48.3 Å². The molecule has 1 saturated heterocycles. The summed E-state index contributed by atoms with van der Waals surface area (Å²) in [5, 5.41) is 8.47. The third-order valence-corrected chi connectivity index (χ3v) is 6.30. The molecule has 0 bridgehead atoms. The van der Waals surface area contributed by atoms with Gasteiger partial charge in [-0.1, -0.05) is 36.4 Å². The zero-order valence-corrected chi connectivity index (χ0v) is 18.8. The van der Waals surface area contributed by atoms with E-state index in [4.69, 9.17) is 0 Å². The van der Waals surface area contributed by atoms with Crippen LogP contribution in [0.5, 0.6) is 0 Å². The number of piperidine rings is 1. The lowest BCUT2D eigenvalue weighted by Gasteiger charge is -2.33. The Labute approximate surface area is 188 Å². The van der Waals surface area contributed by atoms with Crippen LogP contribution < -0.4 is 0 Å². The number of hydrogen-bond donors (Lipinski definition) is 1. The summed E-state index contributed by atoms with van der Waals surface area (Å²) in [6, 6.07) is 15.7. The fourth-order valence-corrected chi connectivity index (χ4v) is 4.33. The maximum atomic E-state index is 12.9. The summed E-state index contributed by atoms with van der Waals surface area (Å²) < 4.78 is 0. The van der Waals surface area contributed by atoms with E-state index in [1.807, 2.05) is 84.3 Å². The number of carbonyl (C=O) groups is 2. The van der Waals surface area contributed by atoms with E-state index < -0.39 is 0 Å². The summed E-state index contributed by atoms with van der Waals surface area (Å²) >= 11 is 0. The number of nitrogens with zero attached hydrogens (tertiary/aromatic N) is 3. The number of para-hydroxylation sites is 1. The van der Waals surface area contributed by atoms with E-state index in [-0.39, 0.29) is 17.7 Å². The average Bonchev–Trinajstić information content (AvgIpc) is 3.26. The van der Waals surface area contributed by atoms with Crippen LogP contribution in [-0.2, 0) is 4.79 Å². The number of nitrogens with one attached hydrogen (secondary N) is 1. The molecule has 6 nitrogen and oxygen atoms in total. The van der Waals surface area contributed by atoms with E-state index in [0.29, 0.717) is 18.7 Å². The topological polar surface area (TPSA) is 69.3 Å². The number of hydrogen-bond acceptors (Lipinski definition) is 3. The third-order valence-electron chi connectivity index (χ3n) is 6.30. The first-order valence-corrected chi connectivity index (χ1v) is 11.4. The normalized spacial score (nSPS) is 14.9. The number of H-pyrrole nitrogens is 1. The highest BCUT2D eigenvalue weighted by Gasteiger charge is 2.29. The molecule has 1 aliphatic rings. The van der Waals surface area contributed by atoms with E-state index in [2.05, 4.69) is 10.2 Å². The number of aromatic amines is 1. The van der Waals surface area contributed by atoms with Crippen molar-refractivity contribution in [1.29, 1.82) is 0 Å². The molecule has 1 N–H and O–H groups in total. The molecule has 32 heavy (non-hydrogen) atoms. The van der Waals surface area contributed by atoms with Crippen LogP contribution in [0, 0.1) is 5.92 Å². The molecular weight excluding hydrogens is 400 g/mol. The second-order valence-electron chi connectivity index (χ2n) is 8.19. The smallest absolute Gasteiger partial charge is 0.253 e. The minimum atomic E-state index is 0.0320. The van der Waals surface area contributed by atoms with E-state index in [1.165, 1.54) is 0 Å². The Morgan fingerprint density at radius 3 is 2.41 bits per heavy atom. The first-order chi connectivity index (χ1) is 15.6. The number of carbonyl (C=O) groups excluding carboxylic acids is 2. The van der Waals surface area contributed by atoms with Gasteiger partial charge in [0, 0.05) is 43.0 Å². The monoisotopic (exact) mass is 430 g/mol. The van der Waals surface area contributed by atoms with Crippen molar-refractivity contribution in [1.82, 2.24) is 20.0 Å². The first kappa shape index (κ1) is 21.8. The molecule has 2 amide bonds. The van der Waals surface area contributed by atoms with E-state index >= 15 is 0 Å². The zero-order valence-electron chi connectivity index (χ0n) is 18.8. The van der Waals surface area contributed by atoms with Gasteiger partial charge >= 0.3 is 0 Å². The number of likely N-dealkylation sites (tertiary alicyclic amines) is 1. The van der Waals surface area contributed by atoms with Gasteiger partial charge in [0.2, 0.25) is 5.91 Å². The fourth-order valence-electron chi connectivity index (χ4n) is 4.33. The summed E-state index contributed by atoms with van der Waals surface area (Å²) in [7, 11) is 0. The summed E-state index contributed by atoms with van der Waals surface area (Å²) in [4.78, 5) is 29.3. The summed E-state index contributed by atoms with van der Waals surface area (Å²) in [5.74, 6) is 0.292. The van der Waals surface area contributed by atoms with Crippen molar-refractivity contribution in [2.45, 2.75) is 26.7 Å². The molecule has 1 aromatic heterocycles. The van der Waals surface area contributed by atoms with Gasteiger partial charge in [0.25, 0.3) is 5.91 Å². The number of aromatic nitrogens is 2. The molecule has 0 radical (unpaired) electrons. The highest BCUT2D eigenvalue weighted by molar-refractivity contribution is 5.95. The van der Waals surface area contributed by atoms with E-state index in [9.17, 15) is 9.59 Å². The fraction of sp³-hybridized carbons (Fsp3) is 0.346. The number of fused-ring (bicyclic) bond motifs is 1. The van der Waals surface area contributed by atoms with Gasteiger partial charge in [-0.25, -0.2) is 0 Å². The molecule has 0 spiro atoms. The second kappa shape index (κ2) is 9.81. The van der Waals surface area contributed by atoms with Crippen molar-refractivity contribution in [2.24, 2.45) is 5.92 Å². The van der Waals surface area contributed by atoms with Crippen molar-refractivity contribution < 1.29 is 9.59 Å². The highest BCUT2D eigenvalue weighted by atomic mass is 16.2.